The molecule has 5 aromatic rings. The Morgan fingerprint density at radius 1 is 0.839 bits per heavy atom. The van der Waals surface area contributed by atoms with Gasteiger partial charge in [-0.3, -0.25) is 4.79 Å². The Morgan fingerprint density at radius 2 is 1.55 bits per heavy atom. The third-order valence-corrected chi connectivity index (χ3v) is 4.94. The van der Waals surface area contributed by atoms with Gasteiger partial charge in [0.25, 0.3) is 0 Å². The molecular weight excluding hydrogens is 390 g/mol. The third kappa shape index (κ3) is 3.64. The molecule has 0 aliphatic heterocycles. The van der Waals surface area contributed by atoms with E-state index in [1.54, 1.807) is 29.5 Å². The molecule has 0 fully saturated rings. The van der Waals surface area contributed by atoms with Crippen molar-refractivity contribution in [3.8, 4) is 28.6 Å². The van der Waals surface area contributed by atoms with Crippen molar-refractivity contribution in [3.63, 3.8) is 0 Å². The van der Waals surface area contributed by atoms with Gasteiger partial charge in [-0.15, -0.1) is 0 Å². The standard InChI is InChI=1S/C24H19N5O2/c1-18-4-6-20(7-5-18)29-24(30)23(22(16-26-29)28-15-12-25-17-28)31-21-10-8-19(9-11-21)27-13-2-3-14-27/h2-17H,1H3. The predicted octanol–water partition coefficient (Wildman–Crippen LogP) is 4.31. The van der Waals surface area contributed by atoms with E-state index in [1.165, 1.54) is 4.68 Å². The largest absolute Gasteiger partial charge is 0.449 e. The Hall–Kier alpha value is -4.39. The van der Waals surface area contributed by atoms with E-state index in [1.807, 2.05) is 84.5 Å². The van der Waals surface area contributed by atoms with Gasteiger partial charge in [0.05, 0.1) is 18.2 Å². The lowest BCUT2D eigenvalue weighted by Gasteiger charge is -2.14. The lowest BCUT2D eigenvalue weighted by molar-refractivity contribution is 0.464. The van der Waals surface area contributed by atoms with E-state index in [-0.39, 0.29) is 11.3 Å². The zero-order valence-electron chi connectivity index (χ0n) is 16.8. The molecule has 0 radical (unpaired) electrons. The van der Waals surface area contributed by atoms with Gasteiger partial charge < -0.3 is 13.9 Å². The number of aryl methyl sites for hydroxylation is 1. The van der Waals surface area contributed by atoms with E-state index in [2.05, 4.69) is 10.1 Å². The van der Waals surface area contributed by atoms with Gasteiger partial charge in [-0.1, -0.05) is 17.7 Å². The van der Waals surface area contributed by atoms with Crippen LogP contribution in [-0.2, 0) is 0 Å². The number of aromatic nitrogens is 5. The van der Waals surface area contributed by atoms with Gasteiger partial charge in [-0.05, 0) is 55.5 Å². The molecule has 3 aromatic heterocycles. The minimum atomic E-state index is -0.357. The van der Waals surface area contributed by atoms with Crippen LogP contribution in [-0.4, -0.2) is 23.9 Å². The number of hydrogen-bond donors (Lipinski definition) is 0. The van der Waals surface area contributed by atoms with E-state index in [4.69, 9.17) is 4.74 Å². The molecule has 2 aromatic carbocycles. The van der Waals surface area contributed by atoms with Gasteiger partial charge in [0.15, 0.2) is 0 Å². The first-order chi connectivity index (χ1) is 15.2. The Kier molecular flexibility index (Phi) is 4.68. The number of rotatable bonds is 5. The second-order valence-electron chi connectivity index (χ2n) is 7.07. The van der Waals surface area contributed by atoms with Gasteiger partial charge in [0, 0.05) is 30.5 Å². The lowest BCUT2D eigenvalue weighted by atomic mass is 10.2. The maximum absolute atomic E-state index is 13.4. The Balaban J connectivity index is 1.57. The summed E-state index contributed by atoms with van der Waals surface area (Å²) in [6.07, 6.45) is 10.5. The SMILES string of the molecule is Cc1ccc(-n2ncc(-n3ccnc3)c(Oc3ccc(-n4cccc4)cc3)c2=O)cc1. The number of ether oxygens (including phenoxy) is 1. The average molecular weight is 409 g/mol. The van der Waals surface area contributed by atoms with Crippen molar-refractivity contribution >= 4 is 0 Å². The molecule has 0 spiro atoms. The molecule has 0 bridgehead atoms. The fourth-order valence-corrected chi connectivity index (χ4v) is 3.29. The van der Waals surface area contributed by atoms with Crippen molar-refractivity contribution in [3.05, 3.63) is 114 Å². The van der Waals surface area contributed by atoms with Crippen molar-refractivity contribution in [2.24, 2.45) is 0 Å². The molecule has 5 rings (SSSR count). The van der Waals surface area contributed by atoms with Crippen molar-refractivity contribution < 1.29 is 4.74 Å². The summed E-state index contributed by atoms with van der Waals surface area (Å²) < 4.78 is 11.1. The minimum Gasteiger partial charge on any atom is -0.449 e. The summed E-state index contributed by atoms with van der Waals surface area (Å²) in [5.41, 5.74) is 2.93. The molecule has 0 saturated heterocycles. The Bertz CT molecular complexity index is 1350. The molecule has 0 amide bonds. The zero-order valence-corrected chi connectivity index (χ0v) is 16.8. The van der Waals surface area contributed by atoms with Crippen molar-refractivity contribution in [1.82, 2.24) is 23.9 Å². The molecule has 7 heteroatoms. The van der Waals surface area contributed by atoms with Crippen molar-refractivity contribution in [2.75, 3.05) is 0 Å². The predicted molar refractivity (Wildman–Crippen MR) is 118 cm³/mol. The molecule has 152 valence electrons. The number of benzene rings is 2. The summed E-state index contributed by atoms with van der Waals surface area (Å²) in [7, 11) is 0. The van der Waals surface area contributed by atoms with Crippen LogP contribution in [0.4, 0.5) is 0 Å². The molecule has 7 nitrogen and oxygen atoms in total. The second-order valence-corrected chi connectivity index (χ2v) is 7.07. The van der Waals surface area contributed by atoms with Crippen LogP contribution in [0.15, 0.2) is 103 Å². The van der Waals surface area contributed by atoms with Crippen molar-refractivity contribution in [2.45, 2.75) is 6.92 Å². The van der Waals surface area contributed by atoms with E-state index in [0.717, 1.165) is 11.3 Å². The van der Waals surface area contributed by atoms with E-state index in [0.29, 0.717) is 17.1 Å². The lowest BCUT2D eigenvalue weighted by Crippen LogP contribution is -2.23. The molecular formula is C24H19N5O2. The molecule has 0 saturated carbocycles. The number of imidazole rings is 1. The quantitative estimate of drug-likeness (QED) is 0.434. The monoisotopic (exact) mass is 409 g/mol. The molecule has 0 aliphatic carbocycles. The Labute approximate surface area is 178 Å². The first-order valence-electron chi connectivity index (χ1n) is 9.78. The topological polar surface area (TPSA) is 66.9 Å². The highest BCUT2D eigenvalue weighted by molar-refractivity contribution is 5.48. The third-order valence-electron chi connectivity index (χ3n) is 4.94. The highest BCUT2D eigenvalue weighted by Gasteiger charge is 2.17. The fourth-order valence-electron chi connectivity index (χ4n) is 3.29. The van der Waals surface area contributed by atoms with Crippen LogP contribution < -0.4 is 10.3 Å². The van der Waals surface area contributed by atoms with Gasteiger partial charge in [-0.2, -0.15) is 9.78 Å². The summed E-state index contributed by atoms with van der Waals surface area (Å²) in [5, 5.41) is 4.36. The van der Waals surface area contributed by atoms with Gasteiger partial charge in [0.1, 0.15) is 11.4 Å². The van der Waals surface area contributed by atoms with Gasteiger partial charge in [0.2, 0.25) is 5.75 Å². The summed E-state index contributed by atoms with van der Waals surface area (Å²) in [4.78, 5) is 17.4. The van der Waals surface area contributed by atoms with Crippen LogP contribution in [0.25, 0.3) is 17.1 Å². The van der Waals surface area contributed by atoms with Crippen LogP contribution in [0.1, 0.15) is 5.56 Å². The van der Waals surface area contributed by atoms with Gasteiger partial charge >= 0.3 is 5.56 Å². The van der Waals surface area contributed by atoms with E-state index < -0.39 is 0 Å². The normalized spacial score (nSPS) is 10.9. The van der Waals surface area contributed by atoms with Crippen LogP contribution in [0.2, 0.25) is 0 Å². The maximum Gasteiger partial charge on any atom is 0.316 e. The van der Waals surface area contributed by atoms with Crippen molar-refractivity contribution in [1.29, 1.82) is 0 Å². The molecule has 0 N–H and O–H groups in total. The second kappa shape index (κ2) is 7.79. The summed E-state index contributed by atoms with van der Waals surface area (Å²) >= 11 is 0. The number of hydrogen-bond acceptors (Lipinski definition) is 4. The van der Waals surface area contributed by atoms with E-state index in [9.17, 15) is 4.79 Å². The average Bonchev–Trinajstić information content (AvgIpc) is 3.51. The minimum absolute atomic E-state index is 0.169. The maximum atomic E-state index is 13.4. The summed E-state index contributed by atoms with van der Waals surface area (Å²) in [5.74, 6) is 0.721. The zero-order chi connectivity index (χ0) is 21.2. The molecule has 0 unspecified atom stereocenters. The Morgan fingerprint density at radius 3 is 2.23 bits per heavy atom. The van der Waals surface area contributed by atoms with Gasteiger partial charge in [-0.25, -0.2) is 4.98 Å². The highest BCUT2D eigenvalue weighted by Crippen LogP contribution is 2.26. The van der Waals surface area contributed by atoms with Crippen LogP contribution in [0, 0.1) is 6.92 Å². The highest BCUT2D eigenvalue weighted by atomic mass is 16.5. The molecule has 3 heterocycles. The molecule has 0 aliphatic rings. The smallest absolute Gasteiger partial charge is 0.316 e. The van der Waals surface area contributed by atoms with Crippen LogP contribution >= 0.6 is 0 Å². The fraction of sp³-hybridized carbons (Fsp3) is 0.0417. The summed E-state index contributed by atoms with van der Waals surface area (Å²) in [6.45, 7) is 1.99. The summed E-state index contributed by atoms with van der Waals surface area (Å²) in [6, 6.07) is 19.1. The van der Waals surface area contributed by atoms with Crippen LogP contribution in [0.5, 0.6) is 11.5 Å². The molecule has 31 heavy (non-hydrogen) atoms. The first kappa shape index (κ1) is 18.6. The van der Waals surface area contributed by atoms with Crippen LogP contribution in [0.3, 0.4) is 0 Å². The number of nitrogens with zero attached hydrogens (tertiary/aromatic N) is 5. The first-order valence-corrected chi connectivity index (χ1v) is 9.78. The van der Waals surface area contributed by atoms with E-state index >= 15 is 0 Å². The molecule has 0 atom stereocenters.